The van der Waals surface area contributed by atoms with Crippen LogP contribution in [0.2, 0.25) is 0 Å². The molecule has 0 heterocycles. The molecule has 0 atom stereocenters. The highest BCUT2D eigenvalue weighted by Crippen LogP contribution is 2.12. The average Bonchev–Trinajstić information content (AvgIpc) is 2.16. The zero-order chi connectivity index (χ0) is 8.97. The number of rotatable bonds is 2. The molecular weight excluding hydrogens is 154 g/mol. The summed E-state index contributed by atoms with van der Waals surface area (Å²) in [6.45, 7) is 0. The normalized spacial score (nSPS) is 9.17. The largest absolute Gasteiger partial charge is 0.355 e. The number of carbonyl (C=O) groups is 1. The third-order valence-corrected chi connectivity index (χ3v) is 1.55. The number of para-hydroxylation sites is 1. The Morgan fingerprint density at radius 2 is 2.08 bits per heavy atom. The van der Waals surface area contributed by atoms with E-state index in [1.165, 1.54) is 0 Å². The minimum absolute atomic E-state index is 0.149. The Morgan fingerprint density at radius 3 is 2.67 bits per heavy atom. The third-order valence-electron chi connectivity index (χ3n) is 1.55. The molecule has 0 saturated carbocycles. The molecule has 4 N–H and O–H groups in total. The highest BCUT2D eigenvalue weighted by atomic mass is 16.1. The van der Waals surface area contributed by atoms with Gasteiger partial charge in [-0.1, -0.05) is 12.1 Å². The van der Waals surface area contributed by atoms with Crippen LogP contribution in [0.5, 0.6) is 0 Å². The smallest absolute Gasteiger partial charge is 0.253 e. The predicted molar refractivity (Wildman–Crippen MR) is 47.6 cm³/mol. The highest BCUT2D eigenvalue weighted by molar-refractivity contribution is 5.99. The summed E-state index contributed by atoms with van der Waals surface area (Å²) in [6.07, 6.45) is 0. The molecule has 1 aromatic rings. The predicted octanol–water partition coefficient (Wildman–Crippen LogP) is 0.332. The summed E-state index contributed by atoms with van der Waals surface area (Å²) in [4.78, 5) is 11.2. The van der Waals surface area contributed by atoms with Gasteiger partial charge < -0.3 is 10.7 Å². The van der Waals surface area contributed by atoms with Gasteiger partial charge in [-0.15, -0.1) is 0 Å². The zero-order valence-corrected chi connectivity index (χ0v) is 6.79. The van der Waals surface area contributed by atoms with E-state index in [-0.39, 0.29) is 5.91 Å². The number of hydrogen-bond donors (Lipinski definition) is 3. The van der Waals surface area contributed by atoms with Gasteiger partial charge in [0.25, 0.3) is 5.91 Å². The van der Waals surface area contributed by atoms with Gasteiger partial charge in [-0.2, -0.15) is 0 Å². The number of amides is 1. The molecule has 0 aliphatic rings. The lowest BCUT2D eigenvalue weighted by molar-refractivity contribution is 0.0964. The van der Waals surface area contributed by atoms with E-state index in [1.807, 2.05) is 6.07 Å². The molecule has 12 heavy (non-hydrogen) atoms. The van der Waals surface area contributed by atoms with E-state index in [0.717, 1.165) is 0 Å². The second-order valence-corrected chi connectivity index (χ2v) is 2.27. The van der Waals surface area contributed by atoms with E-state index in [9.17, 15) is 4.79 Å². The molecule has 0 aliphatic carbocycles. The van der Waals surface area contributed by atoms with Crippen LogP contribution in [0.3, 0.4) is 0 Å². The SMILES string of the molecule is CNC(=O)c1ccccc1NN. The van der Waals surface area contributed by atoms with Crippen LogP contribution in [0.1, 0.15) is 10.4 Å². The van der Waals surface area contributed by atoms with Crippen LogP contribution < -0.4 is 16.6 Å². The molecule has 0 aliphatic heterocycles. The van der Waals surface area contributed by atoms with Crippen LogP contribution in [0.25, 0.3) is 0 Å². The molecule has 1 aromatic carbocycles. The summed E-state index contributed by atoms with van der Waals surface area (Å²) in [7, 11) is 1.58. The van der Waals surface area contributed by atoms with Gasteiger partial charge in [-0.05, 0) is 12.1 Å². The zero-order valence-electron chi connectivity index (χ0n) is 6.79. The third kappa shape index (κ3) is 1.54. The van der Waals surface area contributed by atoms with Crippen molar-refractivity contribution in [2.45, 2.75) is 0 Å². The molecular formula is C8H11N3O. The van der Waals surface area contributed by atoms with Gasteiger partial charge in [-0.3, -0.25) is 10.6 Å². The van der Waals surface area contributed by atoms with Crippen molar-refractivity contribution in [1.29, 1.82) is 0 Å². The van der Waals surface area contributed by atoms with E-state index in [0.29, 0.717) is 11.3 Å². The summed E-state index contributed by atoms with van der Waals surface area (Å²) >= 11 is 0. The number of hydrazine groups is 1. The lowest BCUT2D eigenvalue weighted by Gasteiger charge is -2.05. The minimum atomic E-state index is -0.149. The molecule has 4 heteroatoms. The average molecular weight is 165 g/mol. The first-order valence-corrected chi connectivity index (χ1v) is 3.57. The van der Waals surface area contributed by atoms with Gasteiger partial charge in [0.05, 0.1) is 11.3 Å². The second-order valence-electron chi connectivity index (χ2n) is 2.27. The monoisotopic (exact) mass is 165 g/mol. The van der Waals surface area contributed by atoms with Crippen LogP contribution in [0, 0.1) is 0 Å². The maximum absolute atomic E-state index is 11.2. The first-order chi connectivity index (χ1) is 5.79. The number of anilines is 1. The van der Waals surface area contributed by atoms with E-state index in [4.69, 9.17) is 5.84 Å². The van der Waals surface area contributed by atoms with Crippen molar-refractivity contribution in [3.63, 3.8) is 0 Å². The highest BCUT2D eigenvalue weighted by Gasteiger charge is 2.06. The molecule has 0 saturated heterocycles. The van der Waals surface area contributed by atoms with Crippen molar-refractivity contribution in [3.8, 4) is 0 Å². The van der Waals surface area contributed by atoms with Gasteiger partial charge in [-0.25, -0.2) is 0 Å². The van der Waals surface area contributed by atoms with Crippen molar-refractivity contribution < 1.29 is 4.79 Å². The molecule has 0 fully saturated rings. The summed E-state index contributed by atoms with van der Waals surface area (Å²) in [5, 5.41) is 2.52. The maximum atomic E-state index is 11.2. The Morgan fingerprint density at radius 1 is 1.42 bits per heavy atom. The van der Waals surface area contributed by atoms with Crippen LogP contribution in [0.15, 0.2) is 24.3 Å². The van der Waals surface area contributed by atoms with Gasteiger partial charge in [0.15, 0.2) is 0 Å². The quantitative estimate of drug-likeness (QED) is 0.437. The van der Waals surface area contributed by atoms with Crippen molar-refractivity contribution in [2.24, 2.45) is 5.84 Å². The fourth-order valence-corrected chi connectivity index (χ4v) is 0.942. The topological polar surface area (TPSA) is 67.2 Å². The fraction of sp³-hybridized carbons (Fsp3) is 0.125. The number of hydrogen-bond acceptors (Lipinski definition) is 3. The van der Waals surface area contributed by atoms with Gasteiger partial charge in [0, 0.05) is 7.05 Å². The number of benzene rings is 1. The van der Waals surface area contributed by atoms with Crippen molar-refractivity contribution in [1.82, 2.24) is 5.32 Å². The van der Waals surface area contributed by atoms with Crippen LogP contribution >= 0.6 is 0 Å². The molecule has 1 rings (SSSR count). The summed E-state index contributed by atoms with van der Waals surface area (Å²) < 4.78 is 0. The Bertz CT molecular complexity index is 285. The Labute approximate surface area is 70.7 Å². The standard InChI is InChI=1S/C8H11N3O/c1-10-8(12)6-4-2-3-5-7(6)11-9/h2-5,11H,9H2,1H3,(H,10,12). The molecule has 0 aromatic heterocycles. The fourth-order valence-electron chi connectivity index (χ4n) is 0.942. The molecule has 0 spiro atoms. The van der Waals surface area contributed by atoms with Crippen molar-refractivity contribution >= 4 is 11.6 Å². The molecule has 64 valence electrons. The van der Waals surface area contributed by atoms with Crippen molar-refractivity contribution in [2.75, 3.05) is 12.5 Å². The first-order valence-electron chi connectivity index (χ1n) is 3.57. The summed E-state index contributed by atoms with van der Waals surface area (Å²) in [5.74, 6) is 5.06. The number of carbonyl (C=O) groups excluding carboxylic acids is 1. The Kier molecular flexibility index (Phi) is 2.66. The number of nitrogen functional groups attached to an aromatic ring is 1. The van der Waals surface area contributed by atoms with E-state index < -0.39 is 0 Å². The lowest BCUT2D eigenvalue weighted by Crippen LogP contribution is -2.20. The van der Waals surface area contributed by atoms with E-state index >= 15 is 0 Å². The van der Waals surface area contributed by atoms with Gasteiger partial charge in [0.1, 0.15) is 0 Å². The van der Waals surface area contributed by atoms with E-state index in [2.05, 4.69) is 10.7 Å². The summed E-state index contributed by atoms with van der Waals surface area (Å²) in [5.41, 5.74) is 3.62. The minimum Gasteiger partial charge on any atom is -0.355 e. The van der Waals surface area contributed by atoms with Crippen LogP contribution in [-0.4, -0.2) is 13.0 Å². The molecule has 0 radical (unpaired) electrons. The van der Waals surface area contributed by atoms with Crippen molar-refractivity contribution in [3.05, 3.63) is 29.8 Å². The lowest BCUT2D eigenvalue weighted by atomic mass is 10.2. The van der Waals surface area contributed by atoms with Gasteiger partial charge >= 0.3 is 0 Å². The van der Waals surface area contributed by atoms with E-state index in [1.54, 1.807) is 25.2 Å². The van der Waals surface area contributed by atoms with Crippen LogP contribution in [-0.2, 0) is 0 Å². The second kappa shape index (κ2) is 3.73. The molecule has 0 bridgehead atoms. The Balaban J connectivity index is 3.04. The Hall–Kier alpha value is -1.55. The number of nitrogens with two attached hydrogens (primary N) is 1. The maximum Gasteiger partial charge on any atom is 0.253 e. The molecule has 1 amide bonds. The van der Waals surface area contributed by atoms with Crippen LogP contribution in [0.4, 0.5) is 5.69 Å². The van der Waals surface area contributed by atoms with Gasteiger partial charge in [0.2, 0.25) is 0 Å². The summed E-state index contributed by atoms with van der Waals surface area (Å²) in [6, 6.07) is 7.03. The first kappa shape index (κ1) is 8.55. The molecule has 0 unspecified atom stereocenters. The molecule has 4 nitrogen and oxygen atoms in total. The number of nitrogens with one attached hydrogen (secondary N) is 2.